The number of carboxylic acid groups (broad SMARTS) is 2. The number of carbonyl (C=O) groups is 2. The van der Waals surface area contributed by atoms with Gasteiger partial charge in [0.2, 0.25) is 0 Å². The molecule has 2 N–H and O–H groups in total. The van der Waals surface area contributed by atoms with Gasteiger partial charge in [0.25, 0.3) is 0 Å². The predicted molar refractivity (Wildman–Crippen MR) is 71.0 cm³/mol. The first-order chi connectivity index (χ1) is 8.99. The van der Waals surface area contributed by atoms with Crippen molar-refractivity contribution in [1.29, 1.82) is 0 Å². The van der Waals surface area contributed by atoms with E-state index in [1.807, 2.05) is 35.2 Å². The molecule has 0 saturated heterocycles. The summed E-state index contributed by atoms with van der Waals surface area (Å²) in [7, 11) is 1.81. The lowest BCUT2D eigenvalue weighted by atomic mass is 10.1. The number of benzene rings is 1. The maximum atomic E-state index is 11.0. The van der Waals surface area contributed by atoms with Crippen molar-refractivity contribution in [2.45, 2.75) is 12.8 Å². The summed E-state index contributed by atoms with van der Waals surface area (Å²) in [6, 6.07) is 9.89. The molecule has 0 amide bonds. The molecule has 1 aromatic carbocycles. The second-order valence-corrected chi connectivity index (χ2v) is 4.63. The van der Waals surface area contributed by atoms with Crippen LogP contribution < -0.4 is 0 Å². The van der Waals surface area contributed by atoms with E-state index in [4.69, 9.17) is 10.2 Å². The van der Waals surface area contributed by atoms with Crippen molar-refractivity contribution in [3.63, 3.8) is 0 Å². The number of nitrogens with zero attached hydrogens (tertiary/aromatic N) is 1. The molecule has 0 radical (unpaired) electrons. The number of aliphatic carboxylic acids is 2. The largest absolute Gasteiger partial charge is 0.481 e. The Morgan fingerprint density at radius 2 is 1.84 bits per heavy atom. The summed E-state index contributed by atoms with van der Waals surface area (Å²) in [5, 5.41) is 17.6. The zero-order valence-corrected chi connectivity index (χ0v) is 11.0. The van der Waals surface area contributed by atoms with Gasteiger partial charge in [0.05, 0.1) is 12.3 Å². The Balaban J connectivity index is 2.42. The summed E-state index contributed by atoms with van der Waals surface area (Å²) < 4.78 is 0. The number of rotatable bonds is 8. The quantitative estimate of drug-likeness (QED) is 0.741. The fourth-order valence-electron chi connectivity index (χ4n) is 1.87. The third kappa shape index (κ3) is 6.01. The van der Waals surface area contributed by atoms with Crippen LogP contribution >= 0.6 is 0 Å². The molecule has 0 bridgehead atoms. The SMILES string of the molecule is CN(CCc1ccccc1)CC(CC(=O)O)C(=O)O. The number of hydrogen-bond acceptors (Lipinski definition) is 3. The van der Waals surface area contributed by atoms with Crippen molar-refractivity contribution in [3.8, 4) is 0 Å². The summed E-state index contributed by atoms with van der Waals surface area (Å²) in [5.74, 6) is -3.00. The normalized spacial score (nSPS) is 12.3. The molecule has 5 nitrogen and oxygen atoms in total. The molecule has 1 rings (SSSR count). The molecule has 0 aromatic heterocycles. The molecule has 0 heterocycles. The molecule has 0 aliphatic heterocycles. The molecular formula is C14H19NO4. The molecule has 1 unspecified atom stereocenters. The summed E-state index contributed by atoms with van der Waals surface area (Å²) >= 11 is 0. The fraction of sp³-hybridized carbons (Fsp3) is 0.429. The summed E-state index contributed by atoms with van der Waals surface area (Å²) in [5.41, 5.74) is 1.18. The number of hydrogen-bond donors (Lipinski definition) is 2. The molecule has 104 valence electrons. The van der Waals surface area contributed by atoms with E-state index >= 15 is 0 Å². The Bertz CT molecular complexity index is 419. The molecule has 1 atom stereocenters. The highest BCUT2D eigenvalue weighted by atomic mass is 16.4. The minimum Gasteiger partial charge on any atom is -0.481 e. The predicted octanol–water partition coefficient (Wildman–Crippen LogP) is 1.34. The first-order valence-electron chi connectivity index (χ1n) is 6.16. The molecular weight excluding hydrogens is 246 g/mol. The van der Waals surface area contributed by atoms with Crippen molar-refractivity contribution in [1.82, 2.24) is 4.90 Å². The smallest absolute Gasteiger partial charge is 0.308 e. The van der Waals surface area contributed by atoms with Gasteiger partial charge in [-0.05, 0) is 19.0 Å². The van der Waals surface area contributed by atoms with Gasteiger partial charge >= 0.3 is 11.9 Å². The van der Waals surface area contributed by atoms with E-state index in [1.54, 1.807) is 7.05 Å². The molecule has 0 fully saturated rings. The summed E-state index contributed by atoms with van der Waals surface area (Å²) in [4.78, 5) is 23.4. The highest BCUT2D eigenvalue weighted by Gasteiger charge is 2.22. The average molecular weight is 265 g/mol. The lowest BCUT2D eigenvalue weighted by Crippen LogP contribution is -2.33. The second kappa shape index (κ2) is 7.53. The highest BCUT2D eigenvalue weighted by molar-refractivity contribution is 5.77. The zero-order chi connectivity index (χ0) is 14.3. The Labute approximate surface area is 112 Å². The zero-order valence-electron chi connectivity index (χ0n) is 11.0. The number of likely N-dealkylation sites (N-methyl/N-ethyl adjacent to an activating group) is 1. The second-order valence-electron chi connectivity index (χ2n) is 4.63. The molecule has 19 heavy (non-hydrogen) atoms. The van der Waals surface area contributed by atoms with E-state index < -0.39 is 17.9 Å². The van der Waals surface area contributed by atoms with Crippen LogP contribution in [-0.2, 0) is 16.0 Å². The maximum absolute atomic E-state index is 11.0. The third-order valence-electron chi connectivity index (χ3n) is 2.93. The lowest BCUT2D eigenvalue weighted by molar-refractivity contribution is -0.148. The van der Waals surface area contributed by atoms with Crippen LogP contribution in [0.4, 0.5) is 0 Å². The Kier molecular flexibility index (Phi) is 6.02. The van der Waals surface area contributed by atoms with Crippen LogP contribution in [0.5, 0.6) is 0 Å². The van der Waals surface area contributed by atoms with Crippen molar-refractivity contribution >= 4 is 11.9 Å². The molecule has 0 aliphatic carbocycles. The molecule has 5 heteroatoms. The summed E-state index contributed by atoms with van der Waals surface area (Å²) in [6.07, 6.45) is 0.474. The molecule has 0 saturated carbocycles. The van der Waals surface area contributed by atoms with E-state index in [2.05, 4.69) is 0 Å². The third-order valence-corrected chi connectivity index (χ3v) is 2.93. The van der Waals surface area contributed by atoms with Crippen molar-refractivity contribution in [3.05, 3.63) is 35.9 Å². The van der Waals surface area contributed by atoms with E-state index in [0.29, 0.717) is 6.54 Å². The minimum absolute atomic E-state index is 0.245. The van der Waals surface area contributed by atoms with Gasteiger partial charge in [-0.1, -0.05) is 30.3 Å². The van der Waals surface area contributed by atoms with Crippen LogP contribution in [0.15, 0.2) is 30.3 Å². The standard InChI is InChI=1S/C14H19NO4/c1-15(8-7-11-5-3-2-4-6-11)10-12(14(18)19)9-13(16)17/h2-6,12H,7-10H2,1H3,(H,16,17)(H,18,19). The van der Waals surface area contributed by atoms with Crippen LogP contribution in [-0.4, -0.2) is 47.2 Å². The maximum Gasteiger partial charge on any atom is 0.308 e. The van der Waals surface area contributed by atoms with E-state index in [9.17, 15) is 9.59 Å². The first kappa shape index (κ1) is 15.2. The minimum atomic E-state index is -1.08. The van der Waals surface area contributed by atoms with Crippen molar-refractivity contribution in [2.75, 3.05) is 20.1 Å². The Morgan fingerprint density at radius 3 is 2.37 bits per heavy atom. The van der Waals surface area contributed by atoms with Gasteiger partial charge < -0.3 is 15.1 Å². The highest BCUT2D eigenvalue weighted by Crippen LogP contribution is 2.07. The fourth-order valence-corrected chi connectivity index (χ4v) is 1.87. The first-order valence-corrected chi connectivity index (χ1v) is 6.16. The molecule has 1 aromatic rings. The monoisotopic (exact) mass is 265 g/mol. The van der Waals surface area contributed by atoms with E-state index in [0.717, 1.165) is 6.42 Å². The summed E-state index contributed by atoms with van der Waals surface area (Å²) in [6.45, 7) is 0.946. The van der Waals surface area contributed by atoms with Gasteiger partial charge in [0, 0.05) is 13.1 Å². The van der Waals surface area contributed by atoms with E-state index in [-0.39, 0.29) is 13.0 Å². The van der Waals surface area contributed by atoms with Gasteiger partial charge in [-0.3, -0.25) is 9.59 Å². The van der Waals surface area contributed by atoms with Crippen molar-refractivity contribution < 1.29 is 19.8 Å². The Morgan fingerprint density at radius 1 is 1.21 bits per heavy atom. The van der Waals surface area contributed by atoms with Crippen LogP contribution in [0.25, 0.3) is 0 Å². The lowest BCUT2D eigenvalue weighted by Gasteiger charge is -2.20. The van der Waals surface area contributed by atoms with Gasteiger partial charge in [-0.2, -0.15) is 0 Å². The molecule has 0 spiro atoms. The van der Waals surface area contributed by atoms with Crippen molar-refractivity contribution in [2.24, 2.45) is 5.92 Å². The topological polar surface area (TPSA) is 77.8 Å². The van der Waals surface area contributed by atoms with Gasteiger partial charge in [0.1, 0.15) is 0 Å². The number of carboxylic acids is 2. The van der Waals surface area contributed by atoms with Crippen LogP contribution in [0.1, 0.15) is 12.0 Å². The van der Waals surface area contributed by atoms with Crippen LogP contribution in [0.3, 0.4) is 0 Å². The molecule has 0 aliphatic rings. The average Bonchev–Trinajstić information content (AvgIpc) is 2.36. The van der Waals surface area contributed by atoms with Crippen LogP contribution in [0.2, 0.25) is 0 Å². The van der Waals surface area contributed by atoms with Gasteiger partial charge in [-0.25, -0.2) is 0 Å². The van der Waals surface area contributed by atoms with Gasteiger partial charge in [0.15, 0.2) is 0 Å². The van der Waals surface area contributed by atoms with Crippen LogP contribution in [0, 0.1) is 5.92 Å². The van der Waals surface area contributed by atoms with Gasteiger partial charge in [-0.15, -0.1) is 0 Å². The van der Waals surface area contributed by atoms with E-state index in [1.165, 1.54) is 5.56 Å². The Hall–Kier alpha value is -1.88.